The first-order chi connectivity index (χ1) is 23.2. The molecule has 0 aromatic carbocycles. The minimum atomic E-state index is 0.162. The second-order valence-corrected chi connectivity index (χ2v) is 14.6. The Balaban J connectivity index is -0.00000198. The van der Waals surface area contributed by atoms with Gasteiger partial charge in [0.2, 0.25) is 11.8 Å². The lowest BCUT2D eigenvalue weighted by Crippen LogP contribution is -2.28. The van der Waals surface area contributed by atoms with E-state index in [-0.39, 0.29) is 11.8 Å². The van der Waals surface area contributed by atoms with E-state index in [9.17, 15) is 9.59 Å². The van der Waals surface area contributed by atoms with Crippen LogP contribution >= 0.6 is 0 Å². The van der Waals surface area contributed by atoms with Crippen molar-refractivity contribution in [2.45, 2.75) is 222 Å². The van der Waals surface area contributed by atoms with Gasteiger partial charge in [0.05, 0.1) is 0 Å². The lowest BCUT2D eigenvalue weighted by molar-refractivity contribution is -0.121. The molecule has 0 spiro atoms. The van der Waals surface area contributed by atoms with Crippen molar-refractivity contribution in [3.8, 4) is 0 Å². The van der Waals surface area contributed by atoms with Gasteiger partial charge in [-0.3, -0.25) is 9.59 Å². The summed E-state index contributed by atoms with van der Waals surface area (Å²) in [5.41, 5.74) is 0. The Hall–Kier alpha value is -1.36. The summed E-state index contributed by atoms with van der Waals surface area (Å²) in [6, 6.07) is 0.653. The molecule has 0 aromatic heterocycles. The van der Waals surface area contributed by atoms with Crippen LogP contribution in [0.3, 0.4) is 0 Å². The van der Waals surface area contributed by atoms with E-state index < -0.39 is 0 Å². The van der Waals surface area contributed by atoms with E-state index in [0.717, 1.165) is 37.6 Å². The SMILES string of the molecule is CC.CCCCCC/C=C/NC(=O)CCCCCCCC(C)CCCCCCCC(=O)NCC(C)CCCCCC.CNC(C)C(C)C. The van der Waals surface area contributed by atoms with Crippen LogP contribution in [0.15, 0.2) is 12.3 Å². The smallest absolute Gasteiger partial charge is 0.223 e. The number of carbonyl (C=O) groups is 2. The minimum absolute atomic E-state index is 0.162. The molecule has 0 bridgehead atoms. The van der Waals surface area contributed by atoms with Crippen LogP contribution in [0.5, 0.6) is 0 Å². The van der Waals surface area contributed by atoms with Crippen molar-refractivity contribution in [3.05, 3.63) is 12.3 Å². The first-order valence-corrected chi connectivity index (χ1v) is 21.1. The van der Waals surface area contributed by atoms with E-state index in [1.54, 1.807) is 0 Å². The van der Waals surface area contributed by atoms with Gasteiger partial charge in [-0.1, -0.05) is 171 Å². The highest BCUT2D eigenvalue weighted by atomic mass is 16.2. The summed E-state index contributed by atoms with van der Waals surface area (Å²) >= 11 is 0. The fourth-order valence-electron chi connectivity index (χ4n) is 5.49. The molecular formula is C43H89N3O2. The second kappa shape index (κ2) is 41.8. The molecule has 0 aliphatic heterocycles. The molecule has 3 unspecified atom stereocenters. The normalized spacial score (nSPS) is 12.9. The number of hydrogen-bond donors (Lipinski definition) is 3. The van der Waals surface area contributed by atoms with Gasteiger partial charge in [-0.05, 0) is 70.0 Å². The largest absolute Gasteiger partial charge is 0.356 e. The number of nitrogens with one attached hydrogen (secondary N) is 3. The van der Waals surface area contributed by atoms with Gasteiger partial charge in [-0.2, -0.15) is 0 Å². The zero-order valence-electron chi connectivity index (χ0n) is 34.5. The zero-order chi connectivity index (χ0) is 36.7. The fraction of sp³-hybridized carbons (Fsp3) is 0.907. The highest BCUT2D eigenvalue weighted by molar-refractivity contribution is 5.76. The van der Waals surface area contributed by atoms with Crippen LogP contribution < -0.4 is 16.0 Å². The first-order valence-electron chi connectivity index (χ1n) is 21.1. The summed E-state index contributed by atoms with van der Waals surface area (Å²) < 4.78 is 0. The number of amides is 2. The molecule has 0 fully saturated rings. The van der Waals surface area contributed by atoms with Gasteiger partial charge in [0.15, 0.2) is 0 Å². The molecule has 3 atom stereocenters. The van der Waals surface area contributed by atoms with Gasteiger partial charge in [-0.15, -0.1) is 0 Å². The summed E-state index contributed by atoms with van der Waals surface area (Å²) in [6.07, 6.45) is 32.7. The van der Waals surface area contributed by atoms with Crippen molar-refractivity contribution < 1.29 is 9.59 Å². The molecule has 3 N–H and O–H groups in total. The topological polar surface area (TPSA) is 70.2 Å². The molecule has 0 aliphatic rings. The number of unbranched alkanes of at least 4 members (excludes halogenated alkanes) is 15. The molecule has 0 saturated heterocycles. The lowest BCUT2D eigenvalue weighted by Gasteiger charge is -2.12. The van der Waals surface area contributed by atoms with Gasteiger partial charge < -0.3 is 16.0 Å². The van der Waals surface area contributed by atoms with E-state index >= 15 is 0 Å². The van der Waals surface area contributed by atoms with Crippen molar-refractivity contribution in [1.29, 1.82) is 0 Å². The molecule has 0 saturated carbocycles. The average molecular weight is 680 g/mol. The van der Waals surface area contributed by atoms with Gasteiger partial charge in [0.25, 0.3) is 0 Å². The monoisotopic (exact) mass is 680 g/mol. The maximum atomic E-state index is 12.1. The average Bonchev–Trinajstić information content (AvgIpc) is 3.08. The van der Waals surface area contributed by atoms with Gasteiger partial charge in [-0.25, -0.2) is 0 Å². The third-order valence-electron chi connectivity index (χ3n) is 9.44. The van der Waals surface area contributed by atoms with Crippen LogP contribution in [0.1, 0.15) is 216 Å². The number of carbonyl (C=O) groups excluding carboxylic acids is 2. The lowest BCUT2D eigenvalue weighted by atomic mass is 9.96. The maximum absolute atomic E-state index is 12.1. The molecule has 2 amide bonds. The number of allylic oxidation sites excluding steroid dienone is 1. The van der Waals surface area contributed by atoms with Crippen LogP contribution in [0.4, 0.5) is 0 Å². The maximum Gasteiger partial charge on any atom is 0.223 e. The zero-order valence-corrected chi connectivity index (χ0v) is 34.5. The van der Waals surface area contributed by atoms with Crippen LogP contribution in [0.25, 0.3) is 0 Å². The summed E-state index contributed by atoms with van der Waals surface area (Å²) in [4.78, 5) is 23.9. The van der Waals surface area contributed by atoms with Gasteiger partial charge >= 0.3 is 0 Å². The summed E-state index contributed by atoms with van der Waals surface area (Å²) in [5, 5.41) is 9.21. The molecule has 5 heteroatoms. The molecule has 288 valence electrons. The molecule has 0 radical (unpaired) electrons. The van der Waals surface area contributed by atoms with E-state index in [2.05, 4.69) is 70.5 Å². The van der Waals surface area contributed by atoms with Crippen LogP contribution in [0.2, 0.25) is 0 Å². The summed E-state index contributed by atoms with van der Waals surface area (Å²) in [5.74, 6) is 2.58. The minimum Gasteiger partial charge on any atom is -0.356 e. The van der Waals surface area contributed by atoms with E-state index in [1.807, 2.05) is 27.1 Å². The van der Waals surface area contributed by atoms with Crippen molar-refractivity contribution in [1.82, 2.24) is 16.0 Å². The van der Waals surface area contributed by atoms with Crippen molar-refractivity contribution in [3.63, 3.8) is 0 Å². The van der Waals surface area contributed by atoms with E-state index in [1.165, 1.54) is 122 Å². The number of hydrogen-bond acceptors (Lipinski definition) is 3. The van der Waals surface area contributed by atoms with Crippen molar-refractivity contribution in [2.75, 3.05) is 13.6 Å². The van der Waals surface area contributed by atoms with Crippen molar-refractivity contribution in [2.24, 2.45) is 17.8 Å². The van der Waals surface area contributed by atoms with Crippen LogP contribution in [-0.4, -0.2) is 31.4 Å². The molecule has 0 aliphatic carbocycles. The molecular weight excluding hydrogens is 590 g/mol. The predicted molar refractivity (Wildman–Crippen MR) is 215 cm³/mol. The Morgan fingerprint density at radius 3 is 1.48 bits per heavy atom. The first kappa shape index (κ1) is 51.0. The summed E-state index contributed by atoms with van der Waals surface area (Å²) in [6.45, 7) is 20.6. The third kappa shape index (κ3) is 42.7. The molecule has 0 aromatic rings. The molecule has 48 heavy (non-hydrogen) atoms. The van der Waals surface area contributed by atoms with Gasteiger partial charge in [0, 0.05) is 25.4 Å². The Bertz CT molecular complexity index is 679. The quantitative estimate of drug-likeness (QED) is 0.0639. The molecule has 0 heterocycles. The van der Waals surface area contributed by atoms with E-state index in [4.69, 9.17) is 0 Å². The Morgan fingerprint density at radius 1 is 0.562 bits per heavy atom. The standard InChI is InChI=1S/C35H68N2O2.C6H15N.C2H6/c1-5-7-9-11-18-24-30-36-34(38)28-22-16-12-14-20-25-32(3)26-21-15-13-17-23-29-35(39)37-31-33(4)27-19-10-8-6-2;1-5(2)6(3)7-4;1-2/h24,30,32-33H,5-23,25-29,31H2,1-4H3,(H,36,38)(H,37,39);5-7H,1-4H3;1-2H3/b30-24+;;. The Morgan fingerprint density at radius 2 is 1.00 bits per heavy atom. The third-order valence-corrected chi connectivity index (χ3v) is 9.44. The highest BCUT2D eigenvalue weighted by Gasteiger charge is 2.07. The summed E-state index contributed by atoms with van der Waals surface area (Å²) in [7, 11) is 1.99. The highest BCUT2D eigenvalue weighted by Crippen LogP contribution is 2.18. The molecule has 0 rings (SSSR count). The number of rotatable bonds is 31. The van der Waals surface area contributed by atoms with E-state index in [0.29, 0.717) is 24.8 Å². The predicted octanol–water partition coefficient (Wildman–Crippen LogP) is 12.7. The van der Waals surface area contributed by atoms with Crippen LogP contribution in [0, 0.1) is 17.8 Å². The second-order valence-electron chi connectivity index (χ2n) is 14.6. The Kier molecular flexibility index (Phi) is 44.4. The van der Waals surface area contributed by atoms with Crippen LogP contribution in [-0.2, 0) is 9.59 Å². The molecule has 5 nitrogen and oxygen atoms in total. The fourth-order valence-corrected chi connectivity index (χ4v) is 5.49. The Labute approximate surface area is 302 Å². The van der Waals surface area contributed by atoms with Crippen molar-refractivity contribution >= 4 is 11.8 Å². The van der Waals surface area contributed by atoms with Gasteiger partial charge in [0.1, 0.15) is 0 Å².